The van der Waals surface area contributed by atoms with Gasteiger partial charge in [-0.15, -0.1) is 5.10 Å². The van der Waals surface area contributed by atoms with E-state index in [9.17, 15) is 4.79 Å². The van der Waals surface area contributed by atoms with Crippen LogP contribution in [0.15, 0.2) is 30.7 Å². The molecule has 20 heavy (non-hydrogen) atoms. The zero-order valence-corrected chi connectivity index (χ0v) is 10.9. The Hall–Kier alpha value is -2.77. The van der Waals surface area contributed by atoms with Crippen LogP contribution in [0.3, 0.4) is 0 Å². The summed E-state index contributed by atoms with van der Waals surface area (Å²) in [6.45, 7) is 2.87. The van der Waals surface area contributed by atoms with Crippen molar-refractivity contribution in [2.75, 3.05) is 5.32 Å². The second kappa shape index (κ2) is 5.08. The molecule has 3 aromatic heterocycles. The van der Waals surface area contributed by atoms with Crippen LogP contribution in [-0.2, 0) is 6.54 Å². The first-order valence-corrected chi connectivity index (χ1v) is 6.28. The molecule has 0 fully saturated rings. The Labute approximate surface area is 114 Å². The maximum absolute atomic E-state index is 12.0. The lowest BCUT2D eigenvalue weighted by molar-refractivity contribution is 0.101. The van der Waals surface area contributed by atoms with Crippen LogP contribution in [0.25, 0.3) is 5.78 Å². The van der Waals surface area contributed by atoms with E-state index in [1.807, 2.05) is 6.20 Å². The monoisotopic (exact) mass is 271 g/mol. The molecule has 8 heteroatoms. The molecule has 3 aromatic rings. The fourth-order valence-corrected chi connectivity index (χ4v) is 1.78. The summed E-state index contributed by atoms with van der Waals surface area (Å²) < 4.78 is 3.22. The molecule has 0 aliphatic carbocycles. The molecule has 0 aromatic carbocycles. The lowest BCUT2D eigenvalue weighted by Gasteiger charge is -1.98. The van der Waals surface area contributed by atoms with Crippen molar-refractivity contribution in [1.82, 2.24) is 29.4 Å². The van der Waals surface area contributed by atoms with Crippen LogP contribution in [0, 0.1) is 0 Å². The molecule has 0 atom stereocenters. The Bertz CT molecular complexity index is 712. The van der Waals surface area contributed by atoms with Crippen molar-refractivity contribution in [3.05, 3.63) is 36.5 Å². The van der Waals surface area contributed by atoms with Crippen molar-refractivity contribution in [2.45, 2.75) is 19.9 Å². The van der Waals surface area contributed by atoms with Gasteiger partial charge in [0.05, 0.1) is 0 Å². The summed E-state index contributed by atoms with van der Waals surface area (Å²) in [4.78, 5) is 20.1. The number of aromatic nitrogens is 6. The normalized spacial score (nSPS) is 10.8. The van der Waals surface area contributed by atoms with E-state index >= 15 is 0 Å². The Morgan fingerprint density at radius 3 is 3.05 bits per heavy atom. The first-order valence-electron chi connectivity index (χ1n) is 6.28. The second-order valence-electron chi connectivity index (χ2n) is 4.22. The Balaban J connectivity index is 1.77. The minimum atomic E-state index is -0.405. The maximum atomic E-state index is 12.0. The van der Waals surface area contributed by atoms with Crippen LogP contribution in [0.2, 0.25) is 0 Å². The highest BCUT2D eigenvalue weighted by molar-refractivity contribution is 6.01. The third-order valence-electron chi connectivity index (χ3n) is 2.65. The number of aryl methyl sites for hydroxylation is 1. The summed E-state index contributed by atoms with van der Waals surface area (Å²) in [6, 6.07) is 3.46. The first-order chi connectivity index (χ1) is 9.76. The molecule has 0 aliphatic rings. The molecule has 8 nitrogen and oxygen atoms in total. The molecule has 1 N–H and O–H groups in total. The van der Waals surface area contributed by atoms with Crippen molar-refractivity contribution in [3.63, 3.8) is 0 Å². The first kappa shape index (κ1) is 12.3. The van der Waals surface area contributed by atoms with E-state index < -0.39 is 5.91 Å². The van der Waals surface area contributed by atoms with E-state index in [-0.39, 0.29) is 5.82 Å². The molecule has 1 amide bonds. The van der Waals surface area contributed by atoms with Gasteiger partial charge in [0.15, 0.2) is 5.82 Å². The van der Waals surface area contributed by atoms with Gasteiger partial charge in [-0.05, 0) is 12.5 Å². The van der Waals surface area contributed by atoms with Gasteiger partial charge in [-0.3, -0.25) is 9.48 Å². The molecule has 3 rings (SSSR count). The van der Waals surface area contributed by atoms with E-state index in [2.05, 4.69) is 32.4 Å². The molecular weight excluding hydrogens is 258 g/mol. The second-order valence-corrected chi connectivity index (χ2v) is 4.22. The summed E-state index contributed by atoms with van der Waals surface area (Å²) in [6.07, 6.45) is 6.08. The summed E-state index contributed by atoms with van der Waals surface area (Å²) in [5.74, 6) is 0.524. The lowest BCUT2D eigenvalue weighted by Crippen LogP contribution is -2.14. The van der Waals surface area contributed by atoms with Crippen molar-refractivity contribution in [3.8, 4) is 0 Å². The van der Waals surface area contributed by atoms with Gasteiger partial charge in [-0.2, -0.15) is 10.1 Å². The van der Waals surface area contributed by atoms with E-state index in [0.717, 1.165) is 13.0 Å². The highest BCUT2D eigenvalue weighted by Gasteiger charge is 2.14. The predicted molar refractivity (Wildman–Crippen MR) is 71.3 cm³/mol. The SMILES string of the molecule is CCCn1ccc(NC(=O)c2nc3ncccn3n2)n1. The van der Waals surface area contributed by atoms with E-state index in [1.54, 1.807) is 29.2 Å². The molecule has 0 bridgehead atoms. The number of carbonyl (C=O) groups excluding carboxylic acids is 1. The lowest BCUT2D eigenvalue weighted by atomic mass is 10.5. The summed E-state index contributed by atoms with van der Waals surface area (Å²) in [5, 5.41) is 10.9. The van der Waals surface area contributed by atoms with Crippen molar-refractivity contribution in [1.29, 1.82) is 0 Å². The van der Waals surface area contributed by atoms with Crippen LogP contribution in [0.4, 0.5) is 5.82 Å². The zero-order chi connectivity index (χ0) is 13.9. The molecule has 0 unspecified atom stereocenters. The third kappa shape index (κ3) is 2.35. The van der Waals surface area contributed by atoms with Gasteiger partial charge in [0, 0.05) is 31.2 Å². The summed E-state index contributed by atoms with van der Waals surface area (Å²) >= 11 is 0. The average Bonchev–Trinajstić information content (AvgIpc) is 3.05. The smallest absolute Gasteiger partial charge is 0.296 e. The van der Waals surface area contributed by atoms with Crippen molar-refractivity contribution in [2.24, 2.45) is 0 Å². The molecular formula is C12H13N7O. The van der Waals surface area contributed by atoms with Gasteiger partial charge in [-0.1, -0.05) is 6.92 Å². The highest BCUT2D eigenvalue weighted by atomic mass is 16.2. The minimum absolute atomic E-state index is 0.0636. The predicted octanol–water partition coefficient (Wildman–Crippen LogP) is 0.983. The van der Waals surface area contributed by atoms with Crippen LogP contribution < -0.4 is 5.32 Å². The van der Waals surface area contributed by atoms with Gasteiger partial charge in [-0.25, -0.2) is 9.50 Å². The number of rotatable bonds is 4. The molecule has 0 radical (unpaired) electrons. The molecule has 102 valence electrons. The van der Waals surface area contributed by atoms with Crippen molar-refractivity contribution >= 4 is 17.5 Å². The van der Waals surface area contributed by atoms with Crippen LogP contribution in [0.1, 0.15) is 24.0 Å². The summed E-state index contributed by atoms with van der Waals surface area (Å²) in [7, 11) is 0. The standard InChI is InChI=1S/C12H13N7O/c1-2-6-18-8-4-9(16-18)14-11(20)10-15-12-13-5-3-7-19(12)17-10/h3-5,7-8H,2,6H2,1H3,(H,14,16,20). The number of nitrogens with one attached hydrogen (secondary N) is 1. The van der Waals surface area contributed by atoms with E-state index in [4.69, 9.17) is 0 Å². The Kier molecular flexibility index (Phi) is 3.12. The maximum Gasteiger partial charge on any atom is 0.296 e. The fraction of sp³-hybridized carbons (Fsp3) is 0.250. The van der Waals surface area contributed by atoms with Gasteiger partial charge in [0.1, 0.15) is 0 Å². The topological polar surface area (TPSA) is 90.0 Å². The summed E-state index contributed by atoms with van der Waals surface area (Å²) in [5.41, 5.74) is 0. The third-order valence-corrected chi connectivity index (χ3v) is 2.65. The van der Waals surface area contributed by atoms with E-state index in [0.29, 0.717) is 11.6 Å². The molecule has 0 saturated heterocycles. The number of nitrogens with zero attached hydrogens (tertiary/aromatic N) is 6. The average molecular weight is 271 g/mol. The molecule has 0 aliphatic heterocycles. The molecule has 0 spiro atoms. The minimum Gasteiger partial charge on any atom is -0.302 e. The number of hydrogen-bond acceptors (Lipinski definition) is 5. The van der Waals surface area contributed by atoms with Gasteiger partial charge in [0.2, 0.25) is 5.82 Å². The number of carbonyl (C=O) groups is 1. The number of hydrogen-bond donors (Lipinski definition) is 1. The number of amides is 1. The highest BCUT2D eigenvalue weighted by Crippen LogP contribution is 2.05. The van der Waals surface area contributed by atoms with Crippen LogP contribution in [0.5, 0.6) is 0 Å². The van der Waals surface area contributed by atoms with Gasteiger partial charge < -0.3 is 5.32 Å². The zero-order valence-electron chi connectivity index (χ0n) is 10.9. The Morgan fingerprint density at radius 1 is 1.35 bits per heavy atom. The fourth-order valence-electron chi connectivity index (χ4n) is 1.78. The molecule has 0 saturated carbocycles. The number of fused-ring (bicyclic) bond motifs is 1. The van der Waals surface area contributed by atoms with Gasteiger partial charge >= 0.3 is 0 Å². The van der Waals surface area contributed by atoms with Crippen LogP contribution in [-0.4, -0.2) is 35.3 Å². The number of anilines is 1. The van der Waals surface area contributed by atoms with E-state index in [1.165, 1.54) is 4.52 Å². The Morgan fingerprint density at radius 2 is 2.25 bits per heavy atom. The quantitative estimate of drug-likeness (QED) is 0.764. The van der Waals surface area contributed by atoms with Gasteiger partial charge in [0.25, 0.3) is 11.7 Å². The molecule has 3 heterocycles. The van der Waals surface area contributed by atoms with Crippen molar-refractivity contribution < 1.29 is 4.79 Å². The van der Waals surface area contributed by atoms with Crippen LogP contribution >= 0.6 is 0 Å². The largest absolute Gasteiger partial charge is 0.302 e.